The molecule has 7 nitrogen and oxygen atoms in total. The summed E-state index contributed by atoms with van der Waals surface area (Å²) in [5, 5.41) is 0. The van der Waals surface area contributed by atoms with E-state index in [-0.39, 0.29) is 23.5 Å². The zero-order valence-electron chi connectivity index (χ0n) is 23.9. The average molecular weight is 558 g/mol. The molecule has 0 unspecified atom stereocenters. The summed E-state index contributed by atoms with van der Waals surface area (Å²) in [5.41, 5.74) is 4.34. The van der Waals surface area contributed by atoms with Crippen molar-refractivity contribution in [2.45, 2.75) is 65.8 Å². The topological polar surface area (TPSA) is 81.0 Å². The molecule has 1 aromatic heterocycles. The van der Waals surface area contributed by atoms with Gasteiger partial charge in [-0.2, -0.15) is 0 Å². The Balaban J connectivity index is 1.76. The van der Waals surface area contributed by atoms with Crippen molar-refractivity contribution < 1.29 is 14.3 Å². The lowest BCUT2D eigenvalue weighted by molar-refractivity contribution is -0.139. The van der Waals surface area contributed by atoms with Gasteiger partial charge in [0.15, 0.2) is 4.80 Å². The maximum absolute atomic E-state index is 14.3. The Labute approximate surface area is 238 Å². The molecule has 2 aliphatic heterocycles. The number of nitrogens with zero attached hydrogens (tertiary/aromatic N) is 3. The molecular weight excluding hydrogens is 522 g/mol. The van der Waals surface area contributed by atoms with Gasteiger partial charge in [-0.05, 0) is 42.9 Å². The summed E-state index contributed by atoms with van der Waals surface area (Å²) in [6.07, 6.45) is 1.81. The number of benzene rings is 2. The van der Waals surface area contributed by atoms with Crippen LogP contribution in [0.5, 0.6) is 0 Å². The van der Waals surface area contributed by atoms with Crippen molar-refractivity contribution in [3.05, 3.63) is 96.2 Å². The van der Waals surface area contributed by atoms with E-state index >= 15 is 0 Å². The van der Waals surface area contributed by atoms with Crippen LogP contribution in [-0.4, -0.2) is 29.6 Å². The molecule has 5 rings (SSSR count). The molecule has 0 radical (unpaired) electrons. The molecule has 0 spiro atoms. The van der Waals surface area contributed by atoms with Crippen molar-refractivity contribution in [2.24, 2.45) is 4.99 Å². The smallest absolute Gasteiger partial charge is 0.338 e. The summed E-state index contributed by atoms with van der Waals surface area (Å²) in [5.74, 6) is -0.674. The molecule has 1 atom stereocenters. The fraction of sp³-hybridized carbons (Fsp3) is 0.375. The summed E-state index contributed by atoms with van der Waals surface area (Å²) in [6.45, 7) is 12.8. The van der Waals surface area contributed by atoms with Crippen molar-refractivity contribution in [3.8, 4) is 0 Å². The van der Waals surface area contributed by atoms with Crippen molar-refractivity contribution in [2.75, 3.05) is 18.1 Å². The van der Waals surface area contributed by atoms with Crippen LogP contribution in [0.4, 0.5) is 5.69 Å². The van der Waals surface area contributed by atoms with Gasteiger partial charge in [0.2, 0.25) is 0 Å². The van der Waals surface area contributed by atoms with Crippen molar-refractivity contribution in [1.82, 2.24) is 4.57 Å². The zero-order chi connectivity index (χ0) is 28.8. The predicted octanol–water partition coefficient (Wildman–Crippen LogP) is 4.61. The minimum Gasteiger partial charge on any atom is -0.463 e. The Hall–Kier alpha value is -3.78. The Morgan fingerprint density at radius 3 is 2.40 bits per heavy atom. The SMILES string of the molecule is CCCCN1C(=O)/C(=c2\sc3n(c2=O)[C@H](c2ccc(C(C)(C)C)cc2)C(C(=O)OCC)=C(C)N=3)c2ccccc21. The van der Waals surface area contributed by atoms with E-state index in [1.165, 1.54) is 11.3 Å². The third-order valence-electron chi connectivity index (χ3n) is 7.47. The first-order chi connectivity index (χ1) is 19.1. The van der Waals surface area contributed by atoms with Gasteiger partial charge in [0, 0.05) is 12.1 Å². The standard InChI is InChI=1S/C32H35N3O4S/c1-7-9-18-34-23-13-11-10-12-22(23)25(28(34)36)27-29(37)35-26(20-14-16-21(17-15-20)32(4,5)6)24(30(38)39-8-2)19(3)33-31(35)40-27/h10-17,26H,7-9,18H2,1-6H3/b27-25-/t26-/m1/s1. The molecule has 2 aliphatic rings. The Morgan fingerprint density at radius 1 is 1.05 bits per heavy atom. The van der Waals surface area contributed by atoms with E-state index in [9.17, 15) is 14.4 Å². The van der Waals surface area contributed by atoms with Gasteiger partial charge in [0.05, 0.1) is 35.2 Å². The number of aromatic nitrogens is 1. The second-order valence-corrected chi connectivity index (χ2v) is 12.2. The molecule has 0 fully saturated rings. The summed E-state index contributed by atoms with van der Waals surface area (Å²) in [6, 6.07) is 14.9. The van der Waals surface area contributed by atoms with Crippen LogP contribution in [0.2, 0.25) is 0 Å². The number of ether oxygens (including phenoxy) is 1. The second kappa shape index (κ2) is 10.7. The molecule has 2 aromatic carbocycles. The number of fused-ring (bicyclic) bond motifs is 2. The normalized spacial score (nSPS) is 18.0. The van der Waals surface area contributed by atoms with Crippen LogP contribution >= 0.6 is 11.3 Å². The maximum atomic E-state index is 14.3. The number of para-hydroxylation sites is 1. The lowest BCUT2D eigenvalue weighted by Gasteiger charge is -2.26. The number of amides is 1. The number of esters is 1. The molecule has 208 valence electrons. The number of anilines is 1. The van der Waals surface area contributed by atoms with Crippen molar-refractivity contribution in [3.63, 3.8) is 0 Å². The van der Waals surface area contributed by atoms with Gasteiger partial charge < -0.3 is 9.64 Å². The number of thiazole rings is 1. The number of rotatable bonds is 6. The third-order valence-corrected chi connectivity index (χ3v) is 8.52. The molecule has 0 aliphatic carbocycles. The minimum absolute atomic E-state index is 0.0514. The molecule has 0 saturated heterocycles. The number of hydrogen-bond donors (Lipinski definition) is 0. The second-order valence-electron chi connectivity index (χ2n) is 11.2. The fourth-order valence-corrected chi connectivity index (χ4v) is 6.50. The summed E-state index contributed by atoms with van der Waals surface area (Å²) in [7, 11) is 0. The van der Waals surface area contributed by atoms with Gasteiger partial charge >= 0.3 is 5.97 Å². The summed E-state index contributed by atoms with van der Waals surface area (Å²) >= 11 is 1.20. The van der Waals surface area contributed by atoms with Crippen molar-refractivity contribution >= 4 is 34.5 Å². The van der Waals surface area contributed by atoms with Crippen LogP contribution in [0.1, 0.15) is 77.1 Å². The first-order valence-electron chi connectivity index (χ1n) is 13.8. The highest BCUT2D eigenvalue weighted by atomic mass is 32.1. The summed E-state index contributed by atoms with van der Waals surface area (Å²) in [4.78, 5) is 48.2. The van der Waals surface area contributed by atoms with Crippen LogP contribution < -0.4 is 19.8 Å². The van der Waals surface area contributed by atoms with E-state index in [2.05, 4.69) is 32.7 Å². The van der Waals surface area contributed by atoms with Crippen LogP contribution in [-0.2, 0) is 19.7 Å². The van der Waals surface area contributed by atoms with E-state index in [0.717, 1.165) is 35.2 Å². The number of hydrogen-bond acceptors (Lipinski definition) is 6. The highest BCUT2D eigenvalue weighted by Crippen LogP contribution is 2.36. The molecule has 8 heteroatoms. The molecule has 40 heavy (non-hydrogen) atoms. The van der Waals surface area contributed by atoms with E-state index < -0.39 is 12.0 Å². The van der Waals surface area contributed by atoms with Gasteiger partial charge in [-0.15, -0.1) is 0 Å². The third kappa shape index (κ3) is 4.64. The average Bonchev–Trinajstić information content (AvgIpc) is 3.38. The predicted molar refractivity (Wildman–Crippen MR) is 158 cm³/mol. The number of unbranched alkanes of at least 4 members (excludes halogenated alkanes) is 1. The fourth-order valence-electron chi connectivity index (χ4n) is 5.36. The van der Waals surface area contributed by atoms with Gasteiger partial charge in [-0.1, -0.05) is 87.9 Å². The molecule has 0 bridgehead atoms. The van der Waals surface area contributed by atoms with Crippen LogP contribution in [0.3, 0.4) is 0 Å². The molecule has 1 amide bonds. The highest BCUT2D eigenvalue weighted by Gasteiger charge is 2.37. The van der Waals surface area contributed by atoms with Gasteiger partial charge in [-0.25, -0.2) is 9.79 Å². The van der Waals surface area contributed by atoms with E-state index in [1.54, 1.807) is 23.3 Å². The number of allylic oxidation sites excluding steroid dienone is 1. The lowest BCUT2D eigenvalue weighted by Crippen LogP contribution is -2.41. The molecule has 0 N–H and O–H groups in total. The quantitative estimate of drug-likeness (QED) is 0.415. The van der Waals surface area contributed by atoms with E-state index in [4.69, 9.17) is 4.74 Å². The van der Waals surface area contributed by atoms with Crippen LogP contribution in [0, 0.1) is 0 Å². The first kappa shape index (κ1) is 27.8. The van der Waals surface area contributed by atoms with E-state index in [1.807, 2.05) is 48.5 Å². The lowest BCUT2D eigenvalue weighted by atomic mass is 9.85. The van der Waals surface area contributed by atoms with Crippen molar-refractivity contribution in [1.29, 1.82) is 0 Å². The largest absolute Gasteiger partial charge is 0.463 e. The molecular formula is C32H35N3O4S. The van der Waals surface area contributed by atoms with Crippen LogP contribution in [0.25, 0.3) is 5.57 Å². The Kier molecular flexibility index (Phi) is 7.40. The van der Waals surface area contributed by atoms with E-state index in [0.29, 0.717) is 32.7 Å². The highest BCUT2D eigenvalue weighted by molar-refractivity contribution is 7.07. The zero-order valence-corrected chi connectivity index (χ0v) is 24.7. The monoisotopic (exact) mass is 557 g/mol. The molecule has 3 heterocycles. The van der Waals surface area contributed by atoms with Gasteiger partial charge in [0.1, 0.15) is 4.53 Å². The Morgan fingerprint density at radius 2 is 1.75 bits per heavy atom. The van der Waals surface area contributed by atoms with Crippen LogP contribution in [0.15, 0.2) is 69.6 Å². The number of carbonyl (C=O) groups excluding carboxylic acids is 2. The Bertz CT molecular complexity index is 1700. The molecule has 0 saturated carbocycles. The first-order valence-corrected chi connectivity index (χ1v) is 14.6. The maximum Gasteiger partial charge on any atom is 0.338 e. The van der Waals surface area contributed by atoms with Gasteiger partial charge in [0.25, 0.3) is 11.5 Å². The number of carbonyl (C=O) groups is 2. The van der Waals surface area contributed by atoms with Gasteiger partial charge in [-0.3, -0.25) is 14.2 Å². The molecule has 3 aromatic rings. The summed E-state index contributed by atoms with van der Waals surface area (Å²) < 4.78 is 7.32. The minimum atomic E-state index is -0.721.